The highest BCUT2D eigenvalue weighted by molar-refractivity contribution is 5.77. The Morgan fingerprint density at radius 2 is 2.38 bits per heavy atom. The van der Waals surface area contributed by atoms with Gasteiger partial charge < -0.3 is 15.2 Å². The van der Waals surface area contributed by atoms with Gasteiger partial charge in [0, 0.05) is 25.9 Å². The average molecular weight is 227 g/mol. The molecule has 0 radical (unpaired) electrons. The minimum absolute atomic E-state index is 0.305. The zero-order chi connectivity index (χ0) is 12.1. The lowest BCUT2D eigenvalue weighted by Crippen LogP contribution is -2.28. The molecule has 0 amide bonds. The predicted molar refractivity (Wildman–Crippen MR) is 57.6 cm³/mol. The first-order valence-corrected chi connectivity index (χ1v) is 4.98. The quantitative estimate of drug-likeness (QED) is 0.716. The first-order chi connectivity index (χ1) is 7.54. The number of methoxy groups -OCH3 is 1. The second kappa shape index (κ2) is 5.62. The molecule has 0 aliphatic heterocycles. The Labute approximate surface area is 94.3 Å². The van der Waals surface area contributed by atoms with Gasteiger partial charge in [-0.15, -0.1) is 0 Å². The van der Waals surface area contributed by atoms with Crippen molar-refractivity contribution >= 4 is 5.97 Å². The summed E-state index contributed by atoms with van der Waals surface area (Å²) in [5.41, 5.74) is 6.36. The van der Waals surface area contributed by atoms with Crippen LogP contribution in [0.3, 0.4) is 0 Å². The zero-order valence-corrected chi connectivity index (χ0v) is 9.71. The molecule has 2 unspecified atom stereocenters. The van der Waals surface area contributed by atoms with E-state index in [0.29, 0.717) is 12.2 Å². The fourth-order valence-corrected chi connectivity index (χ4v) is 1.28. The summed E-state index contributed by atoms with van der Waals surface area (Å²) in [5, 5.41) is 3.94. The number of aryl methyl sites for hydroxylation is 1. The van der Waals surface area contributed by atoms with Crippen molar-refractivity contribution < 1.29 is 14.3 Å². The summed E-state index contributed by atoms with van der Waals surface area (Å²) >= 11 is 0. The predicted octanol–water partition coefficient (Wildman–Crippen LogP) is -0.00200. The Kier molecular flexibility index (Phi) is 4.45. The van der Waals surface area contributed by atoms with Crippen LogP contribution in [0.15, 0.2) is 12.4 Å². The molecule has 16 heavy (non-hydrogen) atoms. The van der Waals surface area contributed by atoms with Crippen LogP contribution in [0.25, 0.3) is 0 Å². The molecule has 6 heteroatoms. The fraction of sp³-hybridized carbons (Fsp3) is 0.600. The Hall–Kier alpha value is -1.40. The average Bonchev–Trinajstić information content (AvgIpc) is 2.64. The van der Waals surface area contributed by atoms with Gasteiger partial charge in [0.15, 0.2) is 0 Å². The number of nitrogens with zero attached hydrogens (tertiary/aromatic N) is 2. The van der Waals surface area contributed by atoms with E-state index in [0.717, 1.165) is 0 Å². The minimum atomic E-state index is -0.798. The van der Waals surface area contributed by atoms with Crippen LogP contribution in [0.4, 0.5) is 0 Å². The van der Waals surface area contributed by atoms with Crippen molar-refractivity contribution in [3.05, 3.63) is 18.0 Å². The molecule has 0 saturated heterocycles. The third-order valence-corrected chi connectivity index (χ3v) is 2.06. The van der Waals surface area contributed by atoms with Gasteiger partial charge in [0.05, 0.1) is 12.8 Å². The molecule has 0 fully saturated rings. The summed E-state index contributed by atoms with van der Waals surface area (Å²) in [6.45, 7) is 2.10. The van der Waals surface area contributed by atoms with Gasteiger partial charge in [-0.25, -0.2) is 4.79 Å². The molecule has 0 bridgehead atoms. The van der Waals surface area contributed by atoms with Gasteiger partial charge >= 0.3 is 5.97 Å². The Bertz CT molecular complexity index is 351. The summed E-state index contributed by atoms with van der Waals surface area (Å²) in [5.74, 6) is -0.474. The monoisotopic (exact) mass is 227 g/mol. The number of carbonyl (C=O) groups is 1. The number of hydrogen-bond acceptors (Lipinski definition) is 5. The number of esters is 1. The van der Waals surface area contributed by atoms with E-state index in [9.17, 15) is 4.79 Å². The van der Waals surface area contributed by atoms with Crippen molar-refractivity contribution in [2.24, 2.45) is 12.8 Å². The Morgan fingerprint density at radius 3 is 2.88 bits per heavy atom. The number of nitrogens with two attached hydrogens (primary N) is 1. The SMILES string of the molecule is COCC(C)OC(=O)C(N)c1cnn(C)c1. The van der Waals surface area contributed by atoms with Crippen molar-refractivity contribution in [1.82, 2.24) is 9.78 Å². The lowest BCUT2D eigenvalue weighted by molar-refractivity contribution is -0.152. The van der Waals surface area contributed by atoms with Crippen molar-refractivity contribution in [3.8, 4) is 0 Å². The van der Waals surface area contributed by atoms with Gasteiger partial charge in [0.2, 0.25) is 0 Å². The van der Waals surface area contributed by atoms with Crippen molar-refractivity contribution in [2.75, 3.05) is 13.7 Å². The van der Waals surface area contributed by atoms with Crippen LogP contribution in [-0.2, 0) is 21.3 Å². The van der Waals surface area contributed by atoms with E-state index in [-0.39, 0.29) is 6.10 Å². The number of rotatable bonds is 5. The first kappa shape index (κ1) is 12.7. The van der Waals surface area contributed by atoms with Crippen molar-refractivity contribution in [3.63, 3.8) is 0 Å². The van der Waals surface area contributed by atoms with Gasteiger partial charge in [-0.1, -0.05) is 0 Å². The van der Waals surface area contributed by atoms with Crippen LogP contribution >= 0.6 is 0 Å². The highest BCUT2D eigenvalue weighted by Gasteiger charge is 2.20. The number of ether oxygens (including phenoxy) is 2. The van der Waals surface area contributed by atoms with Crippen LogP contribution < -0.4 is 5.73 Å². The molecule has 0 aromatic carbocycles. The molecule has 2 N–H and O–H groups in total. The molecule has 0 spiro atoms. The van der Waals surface area contributed by atoms with Crippen LogP contribution in [0, 0.1) is 0 Å². The summed E-state index contributed by atoms with van der Waals surface area (Å²) in [6, 6.07) is -0.798. The van der Waals surface area contributed by atoms with Gasteiger partial charge in [-0.3, -0.25) is 4.68 Å². The maximum Gasteiger partial charge on any atom is 0.328 e. The van der Waals surface area contributed by atoms with E-state index in [4.69, 9.17) is 15.2 Å². The standard InChI is InChI=1S/C10H17N3O3/c1-7(6-15-3)16-10(14)9(11)8-4-12-13(2)5-8/h4-5,7,9H,6,11H2,1-3H3. The number of carbonyl (C=O) groups excluding carboxylic acids is 1. The maximum absolute atomic E-state index is 11.6. The topological polar surface area (TPSA) is 79.4 Å². The number of hydrogen-bond donors (Lipinski definition) is 1. The largest absolute Gasteiger partial charge is 0.459 e. The van der Waals surface area contributed by atoms with E-state index < -0.39 is 12.0 Å². The van der Waals surface area contributed by atoms with Crippen LogP contribution in [0.1, 0.15) is 18.5 Å². The summed E-state index contributed by atoms with van der Waals surface area (Å²) < 4.78 is 11.5. The second-order valence-corrected chi connectivity index (χ2v) is 3.63. The van der Waals surface area contributed by atoms with Gasteiger partial charge in [-0.2, -0.15) is 5.10 Å². The van der Waals surface area contributed by atoms with E-state index >= 15 is 0 Å². The molecular weight excluding hydrogens is 210 g/mol. The Morgan fingerprint density at radius 1 is 1.69 bits per heavy atom. The van der Waals surface area contributed by atoms with Crippen molar-refractivity contribution in [2.45, 2.75) is 19.1 Å². The molecule has 6 nitrogen and oxygen atoms in total. The molecule has 1 aromatic rings. The third kappa shape index (κ3) is 3.32. The van der Waals surface area contributed by atoms with Crippen LogP contribution in [0.5, 0.6) is 0 Å². The second-order valence-electron chi connectivity index (χ2n) is 3.63. The lowest BCUT2D eigenvalue weighted by atomic mass is 10.2. The zero-order valence-electron chi connectivity index (χ0n) is 9.71. The lowest BCUT2D eigenvalue weighted by Gasteiger charge is -2.15. The minimum Gasteiger partial charge on any atom is -0.459 e. The normalized spacial score (nSPS) is 14.5. The molecule has 1 heterocycles. The molecule has 0 aliphatic rings. The van der Waals surface area contributed by atoms with Crippen molar-refractivity contribution in [1.29, 1.82) is 0 Å². The molecule has 1 rings (SSSR count). The highest BCUT2D eigenvalue weighted by atomic mass is 16.6. The first-order valence-electron chi connectivity index (χ1n) is 4.98. The fourth-order valence-electron chi connectivity index (χ4n) is 1.28. The summed E-state index contributed by atoms with van der Waals surface area (Å²) in [6.07, 6.45) is 2.93. The van der Waals surface area contributed by atoms with Crippen LogP contribution in [0.2, 0.25) is 0 Å². The number of aromatic nitrogens is 2. The summed E-state index contributed by atoms with van der Waals surface area (Å²) in [7, 11) is 3.31. The molecule has 2 atom stereocenters. The molecule has 0 saturated carbocycles. The maximum atomic E-state index is 11.6. The summed E-state index contributed by atoms with van der Waals surface area (Å²) in [4.78, 5) is 11.6. The van der Waals surface area contributed by atoms with E-state index in [1.54, 1.807) is 38.2 Å². The van der Waals surface area contributed by atoms with Gasteiger partial charge in [-0.05, 0) is 6.92 Å². The third-order valence-electron chi connectivity index (χ3n) is 2.06. The molecule has 1 aromatic heterocycles. The molecule has 0 aliphatic carbocycles. The van der Waals surface area contributed by atoms with E-state index in [2.05, 4.69) is 5.10 Å². The highest BCUT2D eigenvalue weighted by Crippen LogP contribution is 2.11. The van der Waals surface area contributed by atoms with Crippen LogP contribution in [-0.4, -0.2) is 35.6 Å². The van der Waals surface area contributed by atoms with Gasteiger partial charge in [0.25, 0.3) is 0 Å². The van der Waals surface area contributed by atoms with E-state index in [1.807, 2.05) is 0 Å². The molecule has 90 valence electrons. The van der Waals surface area contributed by atoms with Gasteiger partial charge in [0.1, 0.15) is 12.1 Å². The molecular formula is C10H17N3O3. The Balaban J connectivity index is 2.54. The smallest absolute Gasteiger partial charge is 0.328 e. The van der Waals surface area contributed by atoms with E-state index in [1.165, 1.54) is 0 Å².